The molecule has 0 aliphatic carbocycles. The van der Waals surface area contributed by atoms with Crippen molar-refractivity contribution in [2.24, 2.45) is 0 Å². The van der Waals surface area contributed by atoms with E-state index in [1.165, 1.54) is 0 Å². The minimum atomic E-state index is -0.277. The molecule has 2 aliphatic heterocycles. The summed E-state index contributed by atoms with van der Waals surface area (Å²) in [5, 5.41) is 0. The van der Waals surface area contributed by atoms with Gasteiger partial charge in [-0.15, -0.1) is 0 Å². The Labute approximate surface area is 129 Å². The number of amides is 1. The maximum atomic E-state index is 12.1. The van der Waals surface area contributed by atoms with Crippen molar-refractivity contribution < 1.29 is 9.53 Å². The number of ether oxygens (including phenoxy) is 1. The highest BCUT2D eigenvalue weighted by Crippen LogP contribution is 2.42. The van der Waals surface area contributed by atoms with E-state index in [9.17, 15) is 4.79 Å². The lowest BCUT2D eigenvalue weighted by atomic mass is 10.1. The van der Waals surface area contributed by atoms with E-state index in [1.807, 2.05) is 53.4 Å². The number of hydrogen-bond donors (Lipinski definition) is 0. The molecule has 3 nitrogen and oxygen atoms in total. The molecule has 1 atom stereocenters. The fourth-order valence-corrected chi connectivity index (χ4v) is 3.14. The van der Waals surface area contributed by atoms with Gasteiger partial charge in [0, 0.05) is 24.1 Å². The second kappa shape index (κ2) is 5.34. The van der Waals surface area contributed by atoms with Gasteiger partial charge in [-0.2, -0.15) is 0 Å². The number of benzene rings is 2. The van der Waals surface area contributed by atoms with Crippen molar-refractivity contribution in [2.45, 2.75) is 19.1 Å². The average molecular weight is 291 g/mol. The molecule has 0 aromatic heterocycles. The fourth-order valence-electron chi connectivity index (χ4n) is 3.14. The third kappa shape index (κ3) is 2.19. The van der Waals surface area contributed by atoms with Crippen LogP contribution in [0.1, 0.15) is 35.8 Å². The summed E-state index contributed by atoms with van der Waals surface area (Å²) in [7, 11) is 0. The zero-order valence-corrected chi connectivity index (χ0v) is 12.2. The van der Waals surface area contributed by atoms with Crippen LogP contribution in [0.25, 0.3) is 11.8 Å². The Kier molecular flexibility index (Phi) is 3.19. The number of hydrogen-bond acceptors (Lipinski definition) is 2. The van der Waals surface area contributed by atoms with E-state index in [4.69, 9.17) is 4.74 Å². The zero-order valence-electron chi connectivity index (χ0n) is 12.2. The Bertz CT molecular complexity index is 736. The van der Waals surface area contributed by atoms with Crippen molar-refractivity contribution in [1.82, 2.24) is 4.90 Å². The number of nitrogens with zero attached hydrogens (tertiary/aromatic N) is 1. The highest BCUT2D eigenvalue weighted by Gasteiger charge is 2.37. The van der Waals surface area contributed by atoms with E-state index in [0.717, 1.165) is 35.4 Å². The molecule has 0 saturated carbocycles. The quantitative estimate of drug-likeness (QED) is 0.841. The number of fused-ring (bicyclic) bond motifs is 1. The first kappa shape index (κ1) is 13.1. The lowest BCUT2D eigenvalue weighted by molar-refractivity contribution is -0.135. The molecule has 4 rings (SSSR count). The lowest BCUT2D eigenvalue weighted by Gasteiger charge is -2.23. The van der Waals surface area contributed by atoms with Gasteiger partial charge in [0.15, 0.2) is 0 Å². The van der Waals surface area contributed by atoms with Crippen molar-refractivity contribution in [1.29, 1.82) is 0 Å². The largest absolute Gasteiger partial charge is 0.466 e. The highest BCUT2D eigenvalue weighted by atomic mass is 16.5. The zero-order chi connectivity index (χ0) is 14.9. The summed E-state index contributed by atoms with van der Waals surface area (Å²) < 4.78 is 6.16. The molecule has 0 bridgehead atoms. The SMILES string of the molecule is O=C1CCCN1C1O/C(=C\c2ccccc2)c2ccccc21. The molecular formula is C19H17NO2. The van der Waals surface area contributed by atoms with Gasteiger partial charge in [-0.05, 0) is 18.1 Å². The molecule has 3 heteroatoms. The third-order valence-corrected chi connectivity index (χ3v) is 4.22. The van der Waals surface area contributed by atoms with Crippen molar-refractivity contribution in [3.8, 4) is 0 Å². The first-order chi connectivity index (χ1) is 10.8. The Morgan fingerprint density at radius 1 is 1.05 bits per heavy atom. The third-order valence-electron chi connectivity index (χ3n) is 4.22. The van der Waals surface area contributed by atoms with Crippen LogP contribution in [0.3, 0.4) is 0 Å². The van der Waals surface area contributed by atoms with E-state index >= 15 is 0 Å². The Morgan fingerprint density at radius 3 is 2.59 bits per heavy atom. The molecule has 22 heavy (non-hydrogen) atoms. The van der Waals surface area contributed by atoms with E-state index in [1.54, 1.807) is 0 Å². The van der Waals surface area contributed by atoms with Crippen LogP contribution in [0.2, 0.25) is 0 Å². The van der Waals surface area contributed by atoms with Gasteiger partial charge < -0.3 is 9.64 Å². The van der Waals surface area contributed by atoms with Gasteiger partial charge in [-0.1, -0.05) is 54.6 Å². The summed E-state index contributed by atoms with van der Waals surface area (Å²) in [5.41, 5.74) is 3.26. The molecule has 1 amide bonds. The highest BCUT2D eigenvalue weighted by molar-refractivity contribution is 5.83. The van der Waals surface area contributed by atoms with Gasteiger partial charge >= 0.3 is 0 Å². The van der Waals surface area contributed by atoms with Gasteiger partial charge in [0.2, 0.25) is 12.1 Å². The van der Waals surface area contributed by atoms with Gasteiger partial charge in [0.1, 0.15) is 5.76 Å². The monoisotopic (exact) mass is 291 g/mol. The Morgan fingerprint density at radius 2 is 1.82 bits per heavy atom. The predicted octanol–water partition coefficient (Wildman–Crippen LogP) is 3.84. The summed E-state index contributed by atoms with van der Waals surface area (Å²) in [5.74, 6) is 1.02. The maximum absolute atomic E-state index is 12.1. The molecule has 0 spiro atoms. The van der Waals surface area contributed by atoms with Crippen LogP contribution in [0.4, 0.5) is 0 Å². The van der Waals surface area contributed by atoms with Crippen LogP contribution in [0.5, 0.6) is 0 Å². The van der Waals surface area contributed by atoms with Crippen LogP contribution < -0.4 is 0 Å². The van der Waals surface area contributed by atoms with Gasteiger partial charge in [0.05, 0.1) is 0 Å². The first-order valence-corrected chi connectivity index (χ1v) is 7.65. The molecular weight excluding hydrogens is 274 g/mol. The molecule has 2 aliphatic rings. The Hall–Kier alpha value is -2.55. The number of carbonyl (C=O) groups excluding carboxylic acids is 1. The number of likely N-dealkylation sites (tertiary alicyclic amines) is 1. The molecule has 2 aromatic carbocycles. The van der Waals surface area contributed by atoms with Crippen molar-refractivity contribution in [3.05, 3.63) is 71.3 Å². The minimum absolute atomic E-state index is 0.181. The summed E-state index contributed by atoms with van der Waals surface area (Å²) in [4.78, 5) is 13.9. The fraction of sp³-hybridized carbons (Fsp3) is 0.211. The maximum Gasteiger partial charge on any atom is 0.225 e. The van der Waals surface area contributed by atoms with E-state index in [2.05, 4.69) is 12.1 Å². The summed E-state index contributed by atoms with van der Waals surface area (Å²) >= 11 is 0. The van der Waals surface area contributed by atoms with Crippen LogP contribution >= 0.6 is 0 Å². The van der Waals surface area contributed by atoms with Crippen LogP contribution in [-0.4, -0.2) is 17.4 Å². The topological polar surface area (TPSA) is 29.5 Å². The van der Waals surface area contributed by atoms with Gasteiger partial charge in [-0.25, -0.2) is 0 Å². The minimum Gasteiger partial charge on any atom is -0.466 e. The number of carbonyl (C=O) groups is 1. The molecule has 2 heterocycles. The number of rotatable bonds is 2. The van der Waals surface area contributed by atoms with Gasteiger partial charge in [0.25, 0.3) is 0 Å². The lowest BCUT2D eigenvalue weighted by Crippen LogP contribution is -2.29. The smallest absolute Gasteiger partial charge is 0.225 e. The second-order valence-electron chi connectivity index (χ2n) is 5.67. The van der Waals surface area contributed by atoms with Crippen molar-refractivity contribution >= 4 is 17.7 Å². The first-order valence-electron chi connectivity index (χ1n) is 7.65. The standard InChI is InChI=1S/C19H17NO2/c21-18-11-6-12-20(18)19-16-10-5-4-9-15(16)17(22-19)13-14-7-2-1-3-8-14/h1-5,7-10,13,19H,6,11-12H2/b17-13-. The van der Waals surface area contributed by atoms with Crippen LogP contribution in [0.15, 0.2) is 54.6 Å². The molecule has 1 unspecified atom stereocenters. The molecule has 1 fully saturated rings. The predicted molar refractivity (Wildman–Crippen MR) is 85.5 cm³/mol. The second-order valence-corrected chi connectivity index (χ2v) is 5.67. The molecule has 1 saturated heterocycles. The van der Waals surface area contributed by atoms with E-state index in [-0.39, 0.29) is 12.1 Å². The Balaban J connectivity index is 1.74. The van der Waals surface area contributed by atoms with E-state index in [0.29, 0.717) is 6.42 Å². The van der Waals surface area contributed by atoms with Crippen LogP contribution in [0, 0.1) is 0 Å². The van der Waals surface area contributed by atoms with Gasteiger partial charge in [-0.3, -0.25) is 4.79 Å². The normalized spacial score (nSPS) is 22.0. The average Bonchev–Trinajstić information content (AvgIpc) is 3.13. The molecule has 0 radical (unpaired) electrons. The molecule has 0 N–H and O–H groups in total. The summed E-state index contributed by atoms with van der Waals surface area (Å²) in [6.45, 7) is 0.774. The van der Waals surface area contributed by atoms with E-state index < -0.39 is 0 Å². The summed E-state index contributed by atoms with van der Waals surface area (Å²) in [6, 6.07) is 18.2. The summed E-state index contributed by atoms with van der Waals surface area (Å²) in [6.07, 6.45) is 3.30. The van der Waals surface area contributed by atoms with Crippen molar-refractivity contribution in [2.75, 3.05) is 6.54 Å². The van der Waals surface area contributed by atoms with Crippen LogP contribution in [-0.2, 0) is 9.53 Å². The van der Waals surface area contributed by atoms with Crippen molar-refractivity contribution in [3.63, 3.8) is 0 Å². The molecule has 2 aromatic rings. The molecule has 110 valence electrons.